The third kappa shape index (κ3) is 5.16. The Morgan fingerprint density at radius 3 is 2.50 bits per heavy atom. The molecule has 0 spiro atoms. The van der Waals surface area contributed by atoms with Crippen molar-refractivity contribution in [1.29, 1.82) is 5.26 Å². The van der Waals surface area contributed by atoms with Crippen molar-refractivity contribution in [2.75, 3.05) is 19.5 Å². The number of carbonyl (C=O) groups is 1. The molecule has 0 bridgehead atoms. The van der Waals surface area contributed by atoms with E-state index in [0.29, 0.717) is 23.0 Å². The average Bonchev–Trinajstić information content (AvgIpc) is 2.67. The number of hydrogen-bond donors (Lipinski definition) is 2. The molecule has 2 aromatic carbocycles. The number of amides is 1. The molecule has 2 N–H and O–H groups in total. The Morgan fingerprint density at radius 1 is 1.19 bits per heavy atom. The summed E-state index contributed by atoms with van der Waals surface area (Å²) in [4.78, 5) is 12.1. The summed E-state index contributed by atoms with van der Waals surface area (Å²) in [7, 11) is 3.11. The SMILES string of the molecule is COc1ccc(CNC(=O)/C(C#N)=C\Nc2ccc(OC)c(Cl)c2)cc1. The van der Waals surface area contributed by atoms with Crippen LogP contribution in [0.1, 0.15) is 5.56 Å². The first kappa shape index (κ1) is 19.2. The van der Waals surface area contributed by atoms with E-state index >= 15 is 0 Å². The molecule has 0 atom stereocenters. The highest BCUT2D eigenvalue weighted by Crippen LogP contribution is 2.27. The van der Waals surface area contributed by atoms with Crippen LogP contribution in [0.5, 0.6) is 11.5 Å². The number of methoxy groups -OCH3 is 2. The summed E-state index contributed by atoms with van der Waals surface area (Å²) in [6.07, 6.45) is 1.33. The van der Waals surface area contributed by atoms with Crippen LogP contribution in [0, 0.1) is 11.3 Å². The third-order valence-electron chi connectivity index (χ3n) is 3.51. The van der Waals surface area contributed by atoms with Crippen LogP contribution in [0.2, 0.25) is 5.02 Å². The molecule has 0 radical (unpaired) electrons. The van der Waals surface area contributed by atoms with Crippen molar-refractivity contribution >= 4 is 23.2 Å². The fourth-order valence-corrected chi connectivity index (χ4v) is 2.34. The molecule has 0 fully saturated rings. The van der Waals surface area contributed by atoms with Crippen molar-refractivity contribution in [2.24, 2.45) is 0 Å². The van der Waals surface area contributed by atoms with E-state index in [4.69, 9.17) is 21.1 Å². The minimum atomic E-state index is -0.476. The van der Waals surface area contributed by atoms with Crippen molar-refractivity contribution < 1.29 is 14.3 Å². The molecule has 0 aliphatic carbocycles. The molecule has 0 aliphatic heterocycles. The normalized spacial score (nSPS) is 10.6. The number of ether oxygens (including phenoxy) is 2. The van der Waals surface area contributed by atoms with Crippen molar-refractivity contribution in [3.63, 3.8) is 0 Å². The lowest BCUT2D eigenvalue weighted by molar-refractivity contribution is -0.117. The maximum Gasteiger partial charge on any atom is 0.263 e. The summed E-state index contributed by atoms with van der Waals surface area (Å²) in [5, 5.41) is 15.2. The third-order valence-corrected chi connectivity index (χ3v) is 3.81. The lowest BCUT2D eigenvalue weighted by atomic mass is 10.2. The minimum Gasteiger partial charge on any atom is -0.497 e. The summed E-state index contributed by atoms with van der Waals surface area (Å²) in [6, 6.07) is 14.2. The zero-order valence-electron chi connectivity index (χ0n) is 14.4. The van der Waals surface area contributed by atoms with E-state index in [1.807, 2.05) is 18.2 Å². The number of hydrogen-bond acceptors (Lipinski definition) is 5. The molecule has 2 aromatic rings. The molecular weight excluding hydrogens is 354 g/mol. The molecule has 134 valence electrons. The molecule has 6 nitrogen and oxygen atoms in total. The van der Waals surface area contributed by atoms with Gasteiger partial charge in [0.1, 0.15) is 23.1 Å². The molecule has 2 rings (SSSR count). The van der Waals surface area contributed by atoms with E-state index in [1.54, 1.807) is 37.4 Å². The Balaban J connectivity index is 1.97. The number of nitrogens with zero attached hydrogens (tertiary/aromatic N) is 1. The molecule has 7 heteroatoms. The van der Waals surface area contributed by atoms with E-state index < -0.39 is 5.91 Å². The number of benzene rings is 2. The summed E-state index contributed by atoms with van der Waals surface area (Å²) < 4.78 is 10.2. The molecule has 0 saturated heterocycles. The lowest BCUT2D eigenvalue weighted by Crippen LogP contribution is -2.24. The van der Waals surface area contributed by atoms with Crippen LogP contribution in [0.25, 0.3) is 0 Å². The Kier molecular flexibility index (Phi) is 6.89. The van der Waals surface area contributed by atoms with Gasteiger partial charge in [0.05, 0.1) is 19.2 Å². The van der Waals surface area contributed by atoms with Crippen LogP contribution >= 0.6 is 11.6 Å². The molecule has 0 saturated carbocycles. The molecule has 0 aliphatic rings. The molecule has 1 amide bonds. The second-order valence-corrected chi connectivity index (χ2v) is 5.60. The summed E-state index contributed by atoms with van der Waals surface area (Å²) in [5.41, 5.74) is 1.48. The highest BCUT2D eigenvalue weighted by molar-refractivity contribution is 6.32. The van der Waals surface area contributed by atoms with Crippen LogP contribution in [0.3, 0.4) is 0 Å². The Hall–Kier alpha value is -3.17. The smallest absolute Gasteiger partial charge is 0.263 e. The van der Waals surface area contributed by atoms with Crippen LogP contribution in [0.15, 0.2) is 54.2 Å². The van der Waals surface area contributed by atoms with Crippen molar-refractivity contribution in [3.8, 4) is 17.6 Å². The molecular formula is C19H18ClN3O3. The Labute approximate surface area is 157 Å². The van der Waals surface area contributed by atoms with Crippen molar-refractivity contribution in [3.05, 3.63) is 64.8 Å². The zero-order valence-corrected chi connectivity index (χ0v) is 15.1. The zero-order chi connectivity index (χ0) is 18.9. The molecule has 0 aromatic heterocycles. The van der Waals surface area contributed by atoms with E-state index in [0.717, 1.165) is 11.3 Å². The van der Waals surface area contributed by atoms with Gasteiger partial charge in [-0.2, -0.15) is 5.26 Å². The summed E-state index contributed by atoms with van der Waals surface area (Å²) in [6.45, 7) is 0.302. The topological polar surface area (TPSA) is 83.4 Å². The van der Waals surface area contributed by atoms with E-state index in [2.05, 4.69) is 10.6 Å². The first-order chi connectivity index (χ1) is 12.6. The van der Waals surface area contributed by atoms with Crippen LogP contribution in [-0.2, 0) is 11.3 Å². The van der Waals surface area contributed by atoms with Gasteiger partial charge in [0, 0.05) is 18.4 Å². The van der Waals surface area contributed by atoms with Gasteiger partial charge in [-0.05, 0) is 35.9 Å². The second-order valence-electron chi connectivity index (χ2n) is 5.19. The monoisotopic (exact) mass is 371 g/mol. The number of anilines is 1. The van der Waals surface area contributed by atoms with Crippen molar-refractivity contribution in [2.45, 2.75) is 6.54 Å². The minimum absolute atomic E-state index is 0.0505. The standard InChI is InChI=1S/C19H18ClN3O3/c1-25-16-6-3-13(4-7-16)11-23-19(24)14(10-21)12-22-15-5-8-18(26-2)17(20)9-15/h3-9,12,22H,11H2,1-2H3,(H,23,24)/b14-12-. The number of nitrogens with one attached hydrogen (secondary N) is 2. The quantitative estimate of drug-likeness (QED) is 0.575. The highest BCUT2D eigenvalue weighted by atomic mass is 35.5. The maximum atomic E-state index is 12.1. The highest BCUT2D eigenvalue weighted by Gasteiger charge is 2.09. The van der Waals surface area contributed by atoms with E-state index in [9.17, 15) is 10.1 Å². The molecule has 0 unspecified atom stereocenters. The predicted molar refractivity (Wildman–Crippen MR) is 100 cm³/mol. The van der Waals surface area contributed by atoms with Crippen LogP contribution < -0.4 is 20.1 Å². The first-order valence-corrected chi connectivity index (χ1v) is 8.06. The Bertz CT molecular complexity index is 842. The van der Waals surface area contributed by atoms with Gasteiger partial charge in [0.15, 0.2) is 0 Å². The average molecular weight is 372 g/mol. The lowest BCUT2D eigenvalue weighted by Gasteiger charge is -2.07. The largest absolute Gasteiger partial charge is 0.497 e. The number of carbonyl (C=O) groups excluding carboxylic acids is 1. The number of nitriles is 1. The van der Waals surface area contributed by atoms with Gasteiger partial charge in [-0.1, -0.05) is 23.7 Å². The van der Waals surface area contributed by atoms with Crippen LogP contribution in [0.4, 0.5) is 5.69 Å². The van der Waals surface area contributed by atoms with Gasteiger partial charge in [0.25, 0.3) is 5.91 Å². The predicted octanol–water partition coefficient (Wildman–Crippen LogP) is 3.49. The van der Waals surface area contributed by atoms with Gasteiger partial charge in [-0.3, -0.25) is 4.79 Å². The number of rotatable bonds is 7. The van der Waals surface area contributed by atoms with Crippen molar-refractivity contribution in [1.82, 2.24) is 5.32 Å². The Morgan fingerprint density at radius 2 is 1.92 bits per heavy atom. The van der Waals surface area contributed by atoms with Crippen LogP contribution in [-0.4, -0.2) is 20.1 Å². The van der Waals surface area contributed by atoms with Gasteiger partial charge >= 0.3 is 0 Å². The van der Waals surface area contributed by atoms with Gasteiger partial charge in [0.2, 0.25) is 0 Å². The van der Waals surface area contributed by atoms with Gasteiger partial charge in [-0.25, -0.2) is 0 Å². The fourth-order valence-electron chi connectivity index (χ4n) is 2.08. The molecule has 0 heterocycles. The van der Waals surface area contributed by atoms with Gasteiger partial charge < -0.3 is 20.1 Å². The summed E-state index contributed by atoms with van der Waals surface area (Å²) >= 11 is 6.04. The first-order valence-electron chi connectivity index (χ1n) is 7.69. The van der Waals surface area contributed by atoms with E-state index in [-0.39, 0.29) is 5.57 Å². The maximum absolute atomic E-state index is 12.1. The second kappa shape index (κ2) is 9.35. The fraction of sp³-hybridized carbons (Fsp3) is 0.158. The number of halogens is 1. The molecule has 26 heavy (non-hydrogen) atoms. The van der Waals surface area contributed by atoms with Gasteiger partial charge in [-0.15, -0.1) is 0 Å². The van der Waals surface area contributed by atoms with E-state index in [1.165, 1.54) is 13.3 Å². The summed E-state index contributed by atoms with van der Waals surface area (Å²) in [5.74, 6) is 0.800.